The maximum absolute atomic E-state index is 5.82. The van der Waals surface area contributed by atoms with Crippen LogP contribution in [-0.4, -0.2) is 24.8 Å². The monoisotopic (exact) mass is 187 g/mol. The first-order valence-corrected chi connectivity index (χ1v) is 5.43. The van der Waals surface area contributed by atoms with Crippen molar-refractivity contribution in [2.24, 2.45) is 0 Å². The van der Waals surface area contributed by atoms with E-state index in [1.807, 2.05) is 0 Å². The third-order valence-electron chi connectivity index (χ3n) is 2.51. The standard InChI is InChI=1S/C11H25NO/c1-6-10(12-8-3)9-13-11(4,5)7-2/h10,12H,6-9H2,1-5H3. The Bertz CT molecular complexity index is 123. The van der Waals surface area contributed by atoms with Crippen molar-refractivity contribution in [3.63, 3.8) is 0 Å². The van der Waals surface area contributed by atoms with Crippen molar-refractivity contribution in [3.8, 4) is 0 Å². The van der Waals surface area contributed by atoms with Crippen LogP contribution in [0.4, 0.5) is 0 Å². The summed E-state index contributed by atoms with van der Waals surface area (Å²) in [5.41, 5.74) is 0.0306. The lowest BCUT2D eigenvalue weighted by Crippen LogP contribution is -2.36. The van der Waals surface area contributed by atoms with Crippen molar-refractivity contribution in [1.82, 2.24) is 5.32 Å². The molecule has 0 aliphatic rings. The Labute approximate surface area is 83.1 Å². The molecule has 0 fully saturated rings. The molecule has 0 amide bonds. The minimum absolute atomic E-state index is 0.0306. The Morgan fingerprint density at radius 2 is 1.85 bits per heavy atom. The fraction of sp³-hybridized carbons (Fsp3) is 1.00. The van der Waals surface area contributed by atoms with Crippen LogP contribution in [0.1, 0.15) is 47.5 Å². The zero-order valence-electron chi connectivity index (χ0n) is 9.81. The fourth-order valence-electron chi connectivity index (χ4n) is 1.04. The molecule has 80 valence electrons. The van der Waals surface area contributed by atoms with Gasteiger partial charge in [-0.1, -0.05) is 20.8 Å². The van der Waals surface area contributed by atoms with E-state index < -0.39 is 0 Å². The first kappa shape index (κ1) is 12.9. The zero-order valence-corrected chi connectivity index (χ0v) is 9.81. The third-order valence-corrected chi connectivity index (χ3v) is 2.51. The highest BCUT2D eigenvalue weighted by molar-refractivity contribution is 4.69. The number of ether oxygens (including phenoxy) is 1. The zero-order chi connectivity index (χ0) is 10.3. The maximum atomic E-state index is 5.82. The van der Waals surface area contributed by atoms with Crippen LogP contribution in [0, 0.1) is 0 Å². The molecule has 0 spiro atoms. The highest BCUT2D eigenvalue weighted by Gasteiger charge is 2.17. The van der Waals surface area contributed by atoms with Crippen molar-refractivity contribution in [2.75, 3.05) is 13.2 Å². The molecule has 0 aliphatic carbocycles. The van der Waals surface area contributed by atoms with Crippen molar-refractivity contribution in [1.29, 1.82) is 0 Å². The van der Waals surface area contributed by atoms with E-state index in [1.165, 1.54) is 0 Å². The summed E-state index contributed by atoms with van der Waals surface area (Å²) in [4.78, 5) is 0. The first-order valence-electron chi connectivity index (χ1n) is 5.43. The van der Waals surface area contributed by atoms with E-state index >= 15 is 0 Å². The second-order valence-electron chi connectivity index (χ2n) is 4.09. The second-order valence-corrected chi connectivity index (χ2v) is 4.09. The van der Waals surface area contributed by atoms with Crippen LogP contribution in [0.2, 0.25) is 0 Å². The average Bonchev–Trinajstić information content (AvgIpc) is 2.12. The maximum Gasteiger partial charge on any atom is 0.0626 e. The van der Waals surface area contributed by atoms with Gasteiger partial charge in [0.2, 0.25) is 0 Å². The van der Waals surface area contributed by atoms with E-state index in [1.54, 1.807) is 0 Å². The van der Waals surface area contributed by atoms with E-state index in [4.69, 9.17) is 4.74 Å². The molecule has 0 aromatic carbocycles. The van der Waals surface area contributed by atoms with Gasteiger partial charge in [-0.05, 0) is 33.2 Å². The van der Waals surface area contributed by atoms with Crippen LogP contribution in [-0.2, 0) is 4.74 Å². The van der Waals surface area contributed by atoms with Crippen LogP contribution >= 0.6 is 0 Å². The van der Waals surface area contributed by atoms with Crippen LogP contribution < -0.4 is 5.32 Å². The van der Waals surface area contributed by atoms with Gasteiger partial charge in [0, 0.05) is 6.04 Å². The molecular weight excluding hydrogens is 162 g/mol. The molecule has 1 atom stereocenters. The summed E-state index contributed by atoms with van der Waals surface area (Å²) in [6, 6.07) is 0.510. The predicted octanol–water partition coefficient (Wildman–Crippen LogP) is 2.58. The number of rotatable bonds is 7. The van der Waals surface area contributed by atoms with E-state index in [-0.39, 0.29) is 5.60 Å². The van der Waals surface area contributed by atoms with Crippen molar-refractivity contribution in [2.45, 2.75) is 59.1 Å². The highest BCUT2D eigenvalue weighted by atomic mass is 16.5. The molecule has 0 bridgehead atoms. The number of hydrogen-bond acceptors (Lipinski definition) is 2. The summed E-state index contributed by atoms with van der Waals surface area (Å²) in [5, 5.41) is 3.40. The van der Waals surface area contributed by atoms with Crippen molar-refractivity contribution < 1.29 is 4.74 Å². The van der Waals surface area contributed by atoms with E-state index in [9.17, 15) is 0 Å². The molecule has 2 heteroatoms. The van der Waals surface area contributed by atoms with Gasteiger partial charge in [-0.2, -0.15) is 0 Å². The fourth-order valence-corrected chi connectivity index (χ4v) is 1.04. The molecule has 2 nitrogen and oxygen atoms in total. The molecule has 1 unspecified atom stereocenters. The molecule has 0 saturated carbocycles. The molecule has 0 rings (SSSR count). The molecule has 0 aromatic rings. The Morgan fingerprint density at radius 3 is 2.23 bits per heavy atom. The summed E-state index contributed by atoms with van der Waals surface area (Å²) in [5.74, 6) is 0. The normalized spacial score (nSPS) is 14.5. The quantitative estimate of drug-likeness (QED) is 0.661. The van der Waals surface area contributed by atoms with E-state index in [0.29, 0.717) is 6.04 Å². The molecule has 13 heavy (non-hydrogen) atoms. The van der Waals surface area contributed by atoms with Crippen LogP contribution in [0.25, 0.3) is 0 Å². The molecule has 0 heterocycles. The SMILES string of the molecule is CCNC(CC)COC(C)(C)CC. The number of hydrogen-bond donors (Lipinski definition) is 1. The van der Waals surface area contributed by atoms with E-state index in [0.717, 1.165) is 26.0 Å². The van der Waals surface area contributed by atoms with Crippen LogP contribution in [0.5, 0.6) is 0 Å². The van der Waals surface area contributed by atoms with Gasteiger partial charge in [0.1, 0.15) is 0 Å². The lowest BCUT2D eigenvalue weighted by molar-refractivity contribution is -0.0305. The Morgan fingerprint density at radius 1 is 1.23 bits per heavy atom. The smallest absolute Gasteiger partial charge is 0.0626 e. The van der Waals surface area contributed by atoms with Gasteiger partial charge in [-0.25, -0.2) is 0 Å². The largest absolute Gasteiger partial charge is 0.374 e. The van der Waals surface area contributed by atoms with Gasteiger partial charge in [-0.15, -0.1) is 0 Å². The number of nitrogens with one attached hydrogen (secondary N) is 1. The van der Waals surface area contributed by atoms with Gasteiger partial charge in [0.25, 0.3) is 0 Å². The minimum atomic E-state index is 0.0306. The van der Waals surface area contributed by atoms with Gasteiger partial charge in [0.05, 0.1) is 12.2 Å². The average molecular weight is 187 g/mol. The number of likely N-dealkylation sites (N-methyl/N-ethyl adjacent to an activating group) is 1. The molecule has 0 aliphatic heterocycles. The third kappa shape index (κ3) is 6.05. The topological polar surface area (TPSA) is 21.3 Å². The Balaban J connectivity index is 3.70. The summed E-state index contributed by atoms with van der Waals surface area (Å²) < 4.78 is 5.82. The van der Waals surface area contributed by atoms with Crippen LogP contribution in [0.3, 0.4) is 0 Å². The molecule has 1 N–H and O–H groups in total. The summed E-state index contributed by atoms with van der Waals surface area (Å²) in [6.45, 7) is 12.6. The Hall–Kier alpha value is -0.0800. The minimum Gasteiger partial charge on any atom is -0.374 e. The first-order chi connectivity index (χ1) is 6.05. The van der Waals surface area contributed by atoms with Gasteiger partial charge in [0.15, 0.2) is 0 Å². The van der Waals surface area contributed by atoms with Crippen molar-refractivity contribution >= 4 is 0 Å². The van der Waals surface area contributed by atoms with Crippen molar-refractivity contribution in [3.05, 3.63) is 0 Å². The predicted molar refractivity (Wildman–Crippen MR) is 58.1 cm³/mol. The lowest BCUT2D eigenvalue weighted by Gasteiger charge is -2.26. The van der Waals surface area contributed by atoms with Gasteiger partial charge < -0.3 is 10.1 Å². The molecule has 0 aromatic heterocycles. The highest BCUT2D eigenvalue weighted by Crippen LogP contribution is 2.13. The molecular formula is C11H25NO. The van der Waals surface area contributed by atoms with Crippen LogP contribution in [0.15, 0.2) is 0 Å². The van der Waals surface area contributed by atoms with E-state index in [2.05, 4.69) is 39.9 Å². The van der Waals surface area contributed by atoms with Gasteiger partial charge >= 0.3 is 0 Å². The molecule has 0 radical (unpaired) electrons. The second kappa shape index (κ2) is 6.39. The molecule has 0 saturated heterocycles. The lowest BCUT2D eigenvalue weighted by atomic mass is 10.1. The summed E-state index contributed by atoms with van der Waals surface area (Å²) >= 11 is 0. The Kier molecular flexibility index (Phi) is 6.35. The van der Waals surface area contributed by atoms with Gasteiger partial charge in [-0.3, -0.25) is 0 Å². The summed E-state index contributed by atoms with van der Waals surface area (Å²) in [7, 11) is 0. The summed E-state index contributed by atoms with van der Waals surface area (Å²) in [6.07, 6.45) is 2.20.